The number of para-hydroxylation sites is 1. The van der Waals surface area contributed by atoms with E-state index in [4.69, 9.17) is 0 Å². The normalized spacial score (nSPS) is 17.6. The number of carbonyl (C=O) groups is 1. The lowest BCUT2D eigenvalue weighted by atomic mass is 10.0. The average molecular weight is 400 g/mol. The van der Waals surface area contributed by atoms with Crippen LogP contribution in [-0.4, -0.2) is 64.6 Å². The number of hydrogen-bond donors (Lipinski definition) is 0. The van der Waals surface area contributed by atoms with E-state index in [1.54, 1.807) is 12.1 Å². The summed E-state index contributed by atoms with van der Waals surface area (Å²) in [6, 6.07) is 15.7. The number of anilines is 2. The Bertz CT molecular complexity index is 968. The first kappa shape index (κ1) is 19.0. The van der Waals surface area contributed by atoms with Crippen molar-refractivity contribution in [2.75, 3.05) is 54.7 Å². The molecule has 2 heterocycles. The number of Topliss-reactive ketones (excluding diaryl/α,β-unsaturated/α-hetero) is 1. The number of fused-ring (bicyclic) bond motifs is 1. The molecule has 6 nitrogen and oxygen atoms in total. The van der Waals surface area contributed by atoms with Gasteiger partial charge in [-0.1, -0.05) is 18.2 Å². The van der Waals surface area contributed by atoms with E-state index in [0.29, 0.717) is 30.8 Å². The second kappa shape index (κ2) is 7.56. The van der Waals surface area contributed by atoms with Crippen molar-refractivity contribution in [3.05, 3.63) is 59.7 Å². The van der Waals surface area contributed by atoms with E-state index in [-0.39, 0.29) is 5.78 Å². The molecule has 2 aromatic carbocycles. The minimum absolute atomic E-state index is 0.0915. The predicted molar refractivity (Wildman–Crippen MR) is 112 cm³/mol. The molecule has 0 aromatic heterocycles. The van der Waals surface area contributed by atoms with Gasteiger partial charge in [0.05, 0.1) is 18.5 Å². The van der Waals surface area contributed by atoms with Gasteiger partial charge in [-0.2, -0.15) is 0 Å². The van der Waals surface area contributed by atoms with Crippen molar-refractivity contribution in [3.8, 4) is 0 Å². The van der Waals surface area contributed by atoms with E-state index in [1.165, 1.54) is 16.2 Å². The second-order valence-electron chi connectivity index (χ2n) is 7.45. The van der Waals surface area contributed by atoms with Gasteiger partial charge in [-0.05, 0) is 42.3 Å². The summed E-state index contributed by atoms with van der Waals surface area (Å²) in [5.41, 5.74) is 3.53. The van der Waals surface area contributed by atoms with Crippen molar-refractivity contribution in [2.45, 2.75) is 6.42 Å². The highest BCUT2D eigenvalue weighted by molar-refractivity contribution is 7.92. The third kappa shape index (κ3) is 3.91. The smallest absolute Gasteiger partial charge is 0.232 e. The number of ketones is 1. The molecule has 0 N–H and O–H groups in total. The Balaban J connectivity index is 1.38. The quantitative estimate of drug-likeness (QED) is 0.720. The highest BCUT2D eigenvalue weighted by Crippen LogP contribution is 2.30. The molecule has 0 saturated carbocycles. The lowest BCUT2D eigenvalue weighted by molar-refractivity contribution is 0.0926. The molecule has 1 saturated heterocycles. The number of sulfonamides is 1. The third-order valence-electron chi connectivity index (χ3n) is 5.52. The Morgan fingerprint density at radius 2 is 1.68 bits per heavy atom. The Kier molecular flexibility index (Phi) is 5.12. The molecule has 0 atom stereocenters. The fraction of sp³-hybridized carbons (Fsp3) is 0.381. The zero-order chi connectivity index (χ0) is 19.7. The molecule has 4 rings (SSSR count). The summed E-state index contributed by atoms with van der Waals surface area (Å²) in [5.74, 6) is 0.0915. The first-order chi connectivity index (χ1) is 13.4. The molecule has 28 heavy (non-hydrogen) atoms. The second-order valence-corrected chi connectivity index (χ2v) is 9.36. The molecular formula is C21H25N3O3S. The van der Waals surface area contributed by atoms with Crippen LogP contribution in [0.15, 0.2) is 48.5 Å². The van der Waals surface area contributed by atoms with Crippen LogP contribution in [0.1, 0.15) is 15.9 Å². The van der Waals surface area contributed by atoms with Gasteiger partial charge in [0.2, 0.25) is 10.0 Å². The van der Waals surface area contributed by atoms with Gasteiger partial charge in [0.1, 0.15) is 0 Å². The number of hydrogen-bond acceptors (Lipinski definition) is 5. The molecule has 2 aliphatic heterocycles. The summed E-state index contributed by atoms with van der Waals surface area (Å²) in [6.07, 6.45) is 1.87. The van der Waals surface area contributed by atoms with Gasteiger partial charge in [-0.3, -0.25) is 14.0 Å². The van der Waals surface area contributed by atoms with Crippen molar-refractivity contribution < 1.29 is 13.2 Å². The van der Waals surface area contributed by atoms with Crippen LogP contribution in [0.25, 0.3) is 0 Å². The fourth-order valence-electron chi connectivity index (χ4n) is 3.99. The van der Waals surface area contributed by atoms with Gasteiger partial charge in [-0.25, -0.2) is 8.42 Å². The number of nitrogens with zero attached hydrogens (tertiary/aromatic N) is 3. The fourth-order valence-corrected chi connectivity index (χ4v) is 4.95. The van der Waals surface area contributed by atoms with Crippen molar-refractivity contribution in [3.63, 3.8) is 0 Å². The highest BCUT2D eigenvalue weighted by atomic mass is 32.2. The van der Waals surface area contributed by atoms with Gasteiger partial charge < -0.3 is 4.90 Å². The molecule has 0 spiro atoms. The maximum atomic E-state index is 12.8. The first-order valence-corrected chi connectivity index (χ1v) is 11.4. The number of piperazine rings is 1. The van der Waals surface area contributed by atoms with Crippen molar-refractivity contribution in [1.29, 1.82) is 0 Å². The molecule has 0 bridgehead atoms. The molecule has 0 aliphatic carbocycles. The van der Waals surface area contributed by atoms with E-state index in [2.05, 4.69) is 21.9 Å². The van der Waals surface area contributed by atoms with E-state index in [0.717, 1.165) is 31.7 Å². The SMILES string of the molecule is CS(=O)(=O)N1CCc2cc(C(=O)CN3CCN(c4ccccc4)CC3)ccc21. The Morgan fingerprint density at radius 3 is 2.36 bits per heavy atom. The lowest BCUT2D eigenvalue weighted by Crippen LogP contribution is -2.48. The number of benzene rings is 2. The summed E-state index contributed by atoms with van der Waals surface area (Å²) >= 11 is 0. The summed E-state index contributed by atoms with van der Waals surface area (Å²) in [4.78, 5) is 17.3. The molecule has 7 heteroatoms. The third-order valence-corrected chi connectivity index (χ3v) is 6.70. The van der Waals surface area contributed by atoms with Crippen LogP contribution in [0, 0.1) is 0 Å². The van der Waals surface area contributed by atoms with Gasteiger partial charge >= 0.3 is 0 Å². The molecule has 2 aromatic rings. The van der Waals surface area contributed by atoms with Crippen molar-refractivity contribution >= 4 is 27.2 Å². The van der Waals surface area contributed by atoms with Crippen LogP contribution in [0.3, 0.4) is 0 Å². The van der Waals surface area contributed by atoms with Crippen LogP contribution >= 0.6 is 0 Å². The van der Waals surface area contributed by atoms with E-state index < -0.39 is 10.0 Å². The zero-order valence-electron chi connectivity index (χ0n) is 16.0. The zero-order valence-corrected chi connectivity index (χ0v) is 16.9. The molecule has 2 aliphatic rings. The summed E-state index contributed by atoms with van der Waals surface area (Å²) < 4.78 is 25.1. The Hall–Kier alpha value is -2.38. The monoisotopic (exact) mass is 399 g/mol. The van der Waals surface area contributed by atoms with Crippen molar-refractivity contribution in [2.24, 2.45) is 0 Å². The van der Waals surface area contributed by atoms with Crippen LogP contribution in [0.2, 0.25) is 0 Å². The molecule has 0 unspecified atom stereocenters. The van der Waals surface area contributed by atoms with Crippen LogP contribution < -0.4 is 9.21 Å². The van der Waals surface area contributed by atoms with Crippen LogP contribution in [0.4, 0.5) is 11.4 Å². The average Bonchev–Trinajstić information content (AvgIpc) is 3.13. The Labute approximate surface area is 166 Å². The van der Waals surface area contributed by atoms with Crippen molar-refractivity contribution in [1.82, 2.24) is 4.90 Å². The van der Waals surface area contributed by atoms with E-state index >= 15 is 0 Å². The lowest BCUT2D eigenvalue weighted by Gasteiger charge is -2.35. The summed E-state index contributed by atoms with van der Waals surface area (Å²) in [7, 11) is -3.26. The minimum Gasteiger partial charge on any atom is -0.369 e. The van der Waals surface area contributed by atoms with Gasteiger partial charge in [-0.15, -0.1) is 0 Å². The maximum Gasteiger partial charge on any atom is 0.232 e. The molecule has 0 radical (unpaired) electrons. The van der Waals surface area contributed by atoms with Gasteiger partial charge in [0, 0.05) is 44.0 Å². The molecular weight excluding hydrogens is 374 g/mol. The summed E-state index contributed by atoms with van der Waals surface area (Å²) in [5, 5.41) is 0. The standard InChI is InChI=1S/C21H25N3O3S/c1-28(26,27)24-10-9-17-15-18(7-8-20(17)24)21(25)16-22-11-13-23(14-12-22)19-5-3-2-4-6-19/h2-8,15H,9-14,16H2,1H3. The van der Waals surface area contributed by atoms with Crippen LogP contribution in [0.5, 0.6) is 0 Å². The first-order valence-electron chi connectivity index (χ1n) is 9.58. The molecule has 1 fully saturated rings. The van der Waals surface area contributed by atoms with E-state index in [1.807, 2.05) is 24.3 Å². The number of rotatable bonds is 5. The number of carbonyl (C=O) groups excluding carboxylic acids is 1. The predicted octanol–water partition coefficient (Wildman–Crippen LogP) is 2.01. The van der Waals surface area contributed by atoms with Gasteiger partial charge in [0.15, 0.2) is 5.78 Å². The molecule has 0 amide bonds. The largest absolute Gasteiger partial charge is 0.369 e. The van der Waals surface area contributed by atoms with E-state index in [9.17, 15) is 13.2 Å². The summed E-state index contributed by atoms with van der Waals surface area (Å²) in [6.45, 7) is 4.38. The molecule has 148 valence electrons. The minimum atomic E-state index is -3.26. The van der Waals surface area contributed by atoms with Gasteiger partial charge in [0.25, 0.3) is 0 Å². The topological polar surface area (TPSA) is 60.9 Å². The highest BCUT2D eigenvalue weighted by Gasteiger charge is 2.27. The van der Waals surface area contributed by atoms with Crippen LogP contribution in [-0.2, 0) is 16.4 Å². The Morgan fingerprint density at radius 1 is 0.964 bits per heavy atom. The maximum absolute atomic E-state index is 12.8.